The standard InChI is InChI=1S/C27H31N3O3S/c1-33-23-10-5-9-22(19-23)29-27(32)25(20-7-3-2-4-8-20)30-16-13-21(14-17-30)26(31)28-15-12-24-11-6-18-34-24/h2-11,18-19,21,25H,12-17H2,1H3,(H,28,31)(H,29,32). The second-order valence-corrected chi connectivity index (χ2v) is 9.50. The number of carbonyl (C=O) groups is 2. The lowest BCUT2D eigenvalue weighted by atomic mass is 9.93. The number of hydrogen-bond acceptors (Lipinski definition) is 5. The fraction of sp³-hybridized carbons (Fsp3) is 0.333. The number of likely N-dealkylation sites (tertiary alicyclic amines) is 1. The summed E-state index contributed by atoms with van der Waals surface area (Å²) in [5.41, 5.74) is 1.65. The molecule has 2 amide bonds. The third kappa shape index (κ3) is 6.24. The van der Waals surface area contributed by atoms with Gasteiger partial charge < -0.3 is 15.4 Å². The number of benzene rings is 2. The Kier molecular flexibility index (Phi) is 8.33. The lowest BCUT2D eigenvalue weighted by Gasteiger charge is -2.36. The lowest BCUT2D eigenvalue weighted by molar-refractivity contribution is -0.127. The minimum absolute atomic E-state index is 0.0162. The van der Waals surface area contributed by atoms with Crippen LogP contribution in [0.15, 0.2) is 72.1 Å². The van der Waals surface area contributed by atoms with Crippen molar-refractivity contribution >= 4 is 28.8 Å². The molecule has 1 atom stereocenters. The lowest BCUT2D eigenvalue weighted by Crippen LogP contribution is -2.45. The Morgan fingerprint density at radius 1 is 1.06 bits per heavy atom. The molecule has 3 aromatic rings. The van der Waals surface area contributed by atoms with Gasteiger partial charge in [0.05, 0.1) is 7.11 Å². The van der Waals surface area contributed by atoms with Gasteiger partial charge >= 0.3 is 0 Å². The Morgan fingerprint density at radius 2 is 1.85 bits per heavy atom. The fourth-order valence-electron chi connectivity index (χ4n) is 4.40. The summed E-state index contributed by atoms with van der Waals surface area (Å²) in [5.74, 6) is 0.712. The number of ether oxygens (including phenoxy) is 1. The highest BCUT2D eigenvalue weighted by Gasteiger charge is 2.33. The Hall–Kier alpha value is -3.16. The molecule has 178 valence electrons. The highest BCUT2D eigenvalue weighted by atomic mass is 32.1. The molecule has 2 aromatic carbocycles. The van der Waals surface area contributed by atoms with Crippen LogP contribution < -0.4 is 15.4 Å². The number of thiophene rings is 1. The smallest absolute Gasteiger partial charge is 0.246 e. The number of hydrogen-bond donors (Lipinski definition) is 2. The minimum atomic E-state index is -0.421. The van der Waals surface area contributed by atoms with E-state index in [1.165, 1.54) is 4.88 Å². The molecule has 1 fully saturated rings. The number of carbonyl (C=O) groups excluding carboxylic acids is 2. The summed E-state index contributed by atoms with van der Waals surface area (Å²) in [7, 11) is 1.61. The number of rotatable bonds is 9. The summed E-state index contributed by atoms with van der Waals surface area (Å²) in [6, 6.07) is 20.9. The van der Waals surface area contributed by atoms with Gasteiger partial charge in [0.15, 0.2) is 0 Å². The first-order chi connectivity index (χ1) is 16.6. The molecular weight excluding hydrogens is 446 g/mol. The van der Waals surface area contributed by atoms with E-state index >= 15 is 0 Å². The molecule has 0 spiro atoms. The summed E-state index contributed by atoms with van der Waals surface area (Å²) < 4.78 is 5.28. The maximum Gasteiger partial charge on any atom is 0.246 e. The molecular formula is C27H31N3O3S. The van der Waals surface area contributed by atoms with Gasteiger partial charge in [-0.3, -0.25) is 14.5 Å². The maximum absolute atomic E-state index is 13.4. The predicted molar refractivity (Wildman–Crippen MR) is 136 cm³/mol. The Balaban J connectivity index is 1.37. The van der Waals surface area contributed by atoms with E-state index in [0.717, 1.165) is 24.8 Å². The molecule has 4 rings (SSSR count). The van der Waals surface area contributed by atoms with E-state index in [1.54, 1.807) is 18.4 Å². The molecule has 7 heteroatoms. The summed E-state index contributed by atoms with van der Waals surface area (Å²) in [4.78, 5) is 29.6. The Morgan fingerprint density at radius 3 is 2.56 bits per heavy atom. The number of anilines is 1. The van der Waals surface area contributed by atoms with Crippen molar-refractivity contribution in [2.45, 2.75) is 25.3 Å². The first-order valence-corrected chi connectivity index (χ1v) is 12.6. The number of nitrogens with one attached hydrogen (secondary N) is 2. The summed E-state index contributed by atoms with van der Waals surface area (Å²) >= 11 is 1.71. The third-order valence-electron chi connectivity index (χ3n) is 6.22. The summed E-state index contributed by atoms with van der Waals surface area (Å²) in [6.07, 6.45) is 2.34. The highest BCUT2D eigenvalue weighted by molar-refractivity contribution is 7.09. The van der Waals surface area contributed by atoms with Gasteiger partial charge in [0.2, 0.25) is 11.8 Å². The van der Waals surface area contributed by atoms with Crippen LogP contribution in [0.2, 0.25) is 0 Å². The topological polar surface area (TPSA) is 70.7 Å². The van der Waals surface area contributed by atoms with E-state index in [0.29, 0.717) is 31.1 Å². The molecule has 1 unspecified atom stereocenters. The van der Waals surface area contributed by atoms with Crippen LogP contribution in [0.1, 0.15) is 29.3 Å². The molecule has 1 saturated heterocycles. The number of piperidine rings is 1. The van der Waals surface area contributed by atoms with Gasteiger partial charge in [-0.05, 0) is 61.5 Å². The average Bonchev–Trinajstić information content (AvgIpc) is 3.39. The second kappa shape index (κ2) is 11.8. The number of methoxy groups -OCH3 is 1. The molecule has 0 radical (unpaired) electrons. The van der Waals surface area contributed by atoms with Crippen LogP contribution >= 0.6 is 11.3 Å². The molecule has 6 nitrogen and oxygen atoms in total. The van der Waals surface area contributed by atoms with E-state index in [1.807, 2.05) is 60.7 Å². The van der Waals surface area contributed by atoms with Crippen LogP contribution in [0, 0.1) is 5.92 Å². The van der Waals surface area contributed by atoms with Crippen molar-refractivity contribution in [1.82, 2.24) is 10.2 Å². The van der Waals surface area contributed by atoms with E-state index in [4.69, 9.17) is 4.74 Å². The molecule has 1 aliphatic rings. The van der Waals surface area contributed by atoms with Gasteiger partial charge in [-0.25, -0.2) is 0 Å². The van der Waals surface area contributed by atoms with Gasteiger partial charge in [-0.1, -0.05) is 42.5 Å². The van der Waals surface area contributed by atoms with Crippen molar-refractivity contribution in [3.8, 4) is 5.75 Å². The molecule has 34 heavy (non-hydrogen) atoms. The minimum Gasteiger partial charge on any atom is -0.497 e. The average molecular weight is 478 g/mol. The first kappa shape index (κ1) is 24.0. The van der Waals surface area contributed by atoms with Crippen molar-refractivity contribution in [2.75, 3.05) is 32.1 Å². The number of nitrogens with zero attached hydrogens (tertiary/aromatic N) is 1. The molecule has 1 aromatic heterocycles. The fourth-order valence-corrected chi connectivity index (χ4v) is 5.11. The zero-order valence-corrected chi connectivity index (χ0v) is 20.2. The molecule has 1 aliphatic heterocycles. The number of amides is 2. The largest absolute Gasteiger partial charge is 0.497 e. The van der Waals surface area contributed by atoms with Gasteiger partial charge in [-0.2, -0.15) is 0 Å². The van der Waals surface area contributed by atoms with E-state index in [-0.39, 0.29) is 17.7 Å². The Bertz CT molecular complexity index is 1060. The van der Waals surface area contributed by atoms with Crippen molar-refractivity contribution in [1.29, 1.82) is 0 Å². The predicted octanol–water partition coefficient (Wildman–Crippen LogP) is 4.51. The van der Waals surface area contributed by atoms with Crippen LogP contribution in [0.3, 0.4) is 0 Å². The van der Waals surface area contributed by atoms with E-state index in [2.05, 4.69) is 27.0 Å². The van der Waals surface area contributed by atoms with E-state index in [9.17, 15) is 9.59 Å². The summed E-state index contributed by atoms with van der Waals surface area (Å²) in [5, 5.41) is 8.20. The Labute approximate surface area is 204 Å². The van der Waals surface area contributed by atoms with Gasteiger partial charge in [0, 0.05) is 29.1 Å². The quantitative estimate of drug-likeness (QED) is 0.476. The van der Waals surface area contributed by atoms with E-state index < -0.39 is 6.04 Å². The zero-order valence-electron chi connectivity index (χ0n) is 19.4. The third-order valence-corrected chi connectivity index (χ3v) is 7.15. The maximum atomic E-state index is 13.4. The monoisotopic (exact) mass is 477 g/mol. The first-order valence-electron chi connectivity index (χ1n) is 11.7. The van der Waals surface area contributed by atoms with Crippen LogP contribution in [0.25, 0.3) is 0 Å². The molecule has 2 heterocycles. The molecule has 0 saturated carbocycles. The molecule has 0 bridgehead atoms. The molecule has 2 N–H and O–H groups in total. The van der Waals surface area contributed by atoms with Crippen molar-refractivity contribution < 1.29 is 14.3 Å². The van der Waals surface area contributed by atoms with Crippen LogP contribution in [0.5, 0.6) is 5.75 Å². The zero-order chi connectivity index (χ0) is 23.8. The van der Waals surface area contributed by atoms with Gasteiger partial charge in [0.25, 0.3) is 0 Å². The van der Waals surface area contributed by atoms with Crippen LogP contribution in [0.4, 0.5) is 5.69 Å². The van der Waals surface area contributed by atoms with Crippen molar-refractivity contribution in [3.63, 3.8) is 0 Å². The van der Waals surface area contributed by atoms with Crippen LogP contribution in [-0.2, 0) is 16.0 Å². The summed E-state index contributed by atoms with van der Waals surface area (Å²) in [6.45, 7) is 2.04. The van der Waals surface area contributed by atoms with Crippen LogP contribution in [-0.4, -0.2) is 43.5 Å². The second-order valence-electron chi connectivity index (χ2n) is 8.47. The normalized spacial score (nSPS) is 15.4. The molecule has 0 aliphatic carbocycles. The van der Waals surface area contributed by atoms with Crippen molar-refractivity contribution in [2.24, 2.45) is 5.92 Å². The van der Waals surface area contributed by atoms with Gasteiger partial charge in [0.1, 0.15) is 11.8 Å². The van der Waals surface area contributed by atoms with Gasteiger partial charge in [-0.15, -0.1) is 11.3 Å². The SMILES string of the molecule is COc1cccc(NC(=O)C(c2ccccc2)N2CCC(C(=O)NCCc3cccs3)CC2)c1. The highest BCUT2D eigenvalue weighted by Crippen LogP contribution is 2.29. The van der Waals surface area contributed by atoms with Crippen molar-refractivity contribution in [3.05, 3.63) is 82.6 Å².